The number of aryl methyl sites for hydroxylation is 2. The summed E-state index contributed by atoms with van der Waals surface area (Å²) in [5, 5.41) is 7.25. The fourth-order valence-corrected chi connectivity index (χ4v) is 3.34. The van der Waals surface area contributed by atoms with Gasteiger partial charge in [-0.2, -0.15) is 5.10 Å². The molecule has 0 spiro atoms. The quantitative estimate of drug-likeness (QED) is 0.833. The molecule has 1 aromatic heterocycles. The molecular formula is C21H29N5O3. The molecule has 156 valence electrons. The van der Waals surface area contributed by atoms with Gasteiger partial charge in [-0.15, -0.1) is 0 Å². The molecular weight excluding hydrogens is 370 g/mol. The fraction of sp³-hybridized carbons (Fsp3) is 0.524. The smallest absolute Gasteiger partial charge is 0.265 e. The normalized spacial score (nSPS) is 15.0. The number of carbonyl (C=O) groups excluding carboxylic acids is 2. The van der Waals surface area contributed by atoms with E-state index in [-0.39, 0.29) is 36.4 Å². The number of carbonyl (C=O) groups is 2. The molecule has 1 aromatic carbocycles. The lowest BCUT2D eigenvalue weighted by molar-refractivity contribution is -0.125. The number of hydrogen-bond donors (Lipinski definition) is 1. The van der Waals surface area contributed by atoms with Gasteiger partial charge in [0.1, 0.15) is 23.9 Å². The van der Waals surface area contributed by atoms with E-state index < -0.39 is 0 Å². The van der Waals surface area contributed by atoms with E-state index in [1.165, 1.54) is 4.90 Å². The van der Waals surface area contributed by atoms with Crippen molar-refractivity contribution in [2.75, 3.05) is 24.6 Å². The Hall–Kier alpha value is -2.90. The first kappa shape index (κ1) is 20.8. The number of hydrogen-bond acceptors (Lipinski definition) is 5. The van der Waals surface area contributed by atoms with Crippen molar-refractivity contribution in [3.05, 3.63) is 35.4 Å². The number of fused-ring (bicyclic) bond motifs is 1. The summed E-state index contributed by atoms with van der Waals surface area (Å²) in [6.07, 6.45) is 0. The van der Waals surface area contributed by atoms with Gasteiger partial charge in [0.25, 0.3) is 5.91 Å². The van der Waals surface area contributed by atoms with E-state index in [2.05, 4.69) is 36.2 Å². The van der Waals surface area contributed by atoms with E-state index in [4.69, 9.17) is 4.74 Å². The van der Waals surface area contributed by atoms with Crippen molar-refractivity contribution in [3.8, 4) is 5.75 Å². The number of nitrogens with zero attached hydrogens (tertiary/aromatic N) is 4. The molecule has 1 atom stereocenters. The molecule has 29 heavy (non-hydrogen) atoms. The number of ether oxygens (including phenoxy) is 1. The third-order valence-corrected chi connectivity index (χ3v) is 4.99. The third-order valence-electron chi connectivity index (χ3n) is 4.99. The van der Waals surface area contributed by atoms with Crippen LogP contribution in [0.15, 0.2) is 18.2 Å². The standard InChI is InChI=1S/C21H29N5O3/c1-13(26-15(3)23-14(2)24-26)10-22-19(27)11-25-17-9-16(21(4,5)6)7-8-18(17)29-12-20(25)28/h7-9,13H,10-12H2,1-6H3,(H,22,27)/t13-/m1/s1. The average Bonchev–Trinajstić information content (AvgIpc) is 2.99. The number of aromatic nitrogens is 3. The molecule has 2 aromatic rings. The Morgan fingerprint density at radius 1 is 1.31 bits per heavy atom. The molecule has 1 aliphatic rings. The number of benzene rings is 1. The average molecular weight is 399 g/mol. The largest absolute Gasteiger partial charge is 0.482 e. The SMILES string of the molecule is Cc1nc(C)n([C@H](C)CNC(=O)CN2C(=O)COc3ccc(C(C)(C)C)cc32)n1. The summed E-state index contributed by atoms with van der Waals surface area (Å²) in [5.74, 6) is 1.66. The Bertz CT molecular complexity index is 929. The number of amides is 2. The molecule has 0 saturated carbocycles. The van der Waals surface area contributed by atoms with Crippen molar-refractivity contribution >= 4 is 17.5 Å². The van der Waals surface area contributed by atoms with Crippen molar-refractivity contribution in [3.63, 3.8) is 0 Å². The summed E-state index contributed by atoms with van der Waals surface area (Å²) in [4.78, 5) is 30.8. The van der Waals surface area contributed by atoms with Crippen LogP contribution in [0.2, 0.25) is 0 Å². The number of rotatable bonds is 5. The molecule has 0 bridgehead atoms. The maximum absolute atomic E-state index is 12.6. The van der Waals surface area contributed by atoms with Crippen LogP contribution in [0.4, 0.5) is 5.69 Å². The highest BCUT2D eigenvalue weighted by Crippen LogP contribution is 2.36. The lowest BCUT2D eigenvalue weighted by Gasteiger charge is -2.31. The van der Waals surface area contributed by atoms with Crippen LogP contribution in [-0.4, -0.2) is 46.3 Å². The summed E-state index contributed by atoms with van der Waals surface area (Å²) >= 11 is 0. The van der Waals surface area contributed by atoms with Gasteiger partial charge in [0.05, 0.1) is 11.7 Å². The van der Waals surface area contributed by atoms with Crippen LogP contribution < -0.4 is 15.0 Å². The summed E-state index contributed by atoms with van der Waals surface area (Å²) in [6.45, 7) is 12.3. The Balaban J connectivity index is 1.70. The minimum absolute atomic E-state index is 0.0414. The second-order valence-corrected chi connectivity index (χ2v) is 8.50. The molecule has 8 nitrogen and oxygen atoms in total. The highest BCUT2D eigenvalue weighted by atomic mass is 16.5. The third kappa shape index (κ3) is 4.58. The fourth-order valence-electron chi connectivity index (χ4n) is 3.34. The second kappa shape index (κ2) is 7.85. The first-order valence-corrected chi connectivity index (χ1v) is 9.80. The van der Waals surface area contributed by atoms with Crippen LogP contribution in [-0.2, 0) is 15.0 Å². The van der Waals surface area contributed by atoms with Gasteiger partial charge in [0.2, 0.25) is 5.91 Å². The van der Waals surface area contributed by atoms with Crippen LogP contribution in [0.25, 0.3) is 0 Å². The molecule has 8 heteroatoms. The Labute approximate surface area is 171 Å². The maximum atomic E-state index is 12.6. The van der Waals surface area contributed by atoms with Gasteiger partial charge < -0.3 is 10.1 Å². The van der Waals surface area contributed by atoms with Crippen molar-refractivity contribution in [2.24, 2.45) is 0 Å². The monoisotopic (exact) mass is 399 g/mol. The first-order chi connectivity index (χ1) is 13.6. The van der Waals surface area contributed by atoms with E-state index in [1.807, 2.05) is 39.0 Å². The van der Waals surface area contributed by atoms with Gasteiger partial charge in [-0.25, -0.2) is 9.67 Å². The van der Waals surface area contributed by atoms with Crippen LogP contribution in [0, 0.1) is 13.8 Å². The molecule has 1 N–H and O–H groups in total. The molecule has 0 aliphatic carbocycles. The predicted octanol–water partition coefficient (Wildman–Crippen LogP) is 2.30. The Morgan fingerprint density at radius 2 is 2.03 bits per heavy atom. The van der Waals surface area contributed by atoms with Crippen LogP contribution in [0.5, 0.6) is 5.75 Å². The molecule has 3 rings (SSSR count). The van der Waals surface area contributed by atoms with E-state index in [0.717, 1.165) is 11.4 Å². The van der Waals surface area contributed by atoms with Crippen LogP contribution in [0.3, 0.4) is 0 Å². The molecule has 2 heterocycles. The molecule has 2 amide bonds. The van der Waals surface area contributed by atoms with Crippen molar-refractivity contribution in [1.29, 1.82) is 0 Å². The molecule has 0 unspecified atom stereocenters. The molecule has 1 aliphatic heterocycles. The lowest BCUT2D eigenvalue weighted by atomic mass is 9.86. The van der Waals surface area contributed by atoms with E-state index in [0.29, 0.717) is 23.8 Å². The van der Waals surface area contributed by atoms with E-state index >= 15 is 0 Å². The van der Waals surface area contributed by atoms with Crippen molar-refractivity contribution < 1.29 is 14.3 Å². The zero-order chi connectivity index (χ0) is 21.3. The zero-order valence-electron chi connectivity index (χ0n) is 17.9. The van der Waals surface area contributed by atoms with Gasteiger partial charge in [0.15, 0.2) is 6.61 Å². The van der Waals surface area contributed by atoms with Crippen molar-refractivity contribution in [1.82, 2.24) is 20.1 Å². The summed E-state index contributed by atoms with van der Waals surface area (Å²) < 4.78 is 7.34. The number of anilines is 1. The maximum Gasteiger partial charge on any atom is 0.265 e. The second-order valence-electron chi connectivity index (χ2n) is 8.50. The van der Waals surface area contributed by atoms with Gasteiger partial charge in [-0.1, -0.05) is 26.8 Å². The van der Waals surface area contributed by atoms with Gasteiger partial charge in [-0.3, -0.25) is 14.5 Å². The summed E-state index contributed by atoms with van der Waals surface area (Å²) in [5.41, 5.74) is 1.64. The topological polar surface area (TPSA) is 89.4 Å². The van der Waals surface area contributed by atoms with E-state index in [1.54, 1.807) is 4.68 Å². The van der Waals surface area contributed by atoms with Gasteiger partial charge >= 0.3 is 0 Å². The summed E-state index contributed by atoms with van der Waals surface area (Å²) in [6, 6.07) is 5.76. The number of nitrogens with one attached hydrogen (secondary N) is 1. The first-order valence-electron chi connectivity index (χ1n) is 9.80. The van der Waals surface area contributed by atoms with E-state index in [9.17, 15) is 9.59 Å². The van der Waals surface area contributed by atoms with Gasteiger partial charge in [0, 0.05) is 6.54 Å². The summed E-state index contributed by atoms with van der Waals surface area (Å²) in [7, 11) is 0. The highest BCUT2D eigenvalue weighted by Gasteiger charge is 2.29. The predicted molar refractivity (Wildman–Crippen MR) is 110 cm³/mol. The zero-order valence-corrected chi connectivity index (χ0v) is 17.9. The minimum Gasteiger partial charge on any atom is -0.482 e. The minimum atomic E-state index is -0.228. The molecule has 0 fully saturated rings. The Kier molecular flexibility index (Phi) is 5.64. The molecule has 0 saturated heterocycles. The lowest BCUT2D eigenvalue weighted by Crippen LogP contribution is -2.46. The van der Waals surface area contributed by atoms with Gasteiger partial charge in [-0.05, 0) is 43.9 Å². The van der Waals surface area contributed by atoms with Crippen LogP contribution >= 0.6 is 0 Å². The van der Waals surface area contributed by atoms with Crippen molar-refractivity contribution in [2.45, 2.75) is 53.0 Å². The van der Waals surface area contributed by atoms with Crippen LogP contribution in [0.1, 0.15) is 50.9 Å². The molecule has 0 radical (unpaired) electrons. The highest BCUT2D eigenvalue weighted by molar-refractivity contribution is 6.02. The Morgan fingerprint density at radius 3 is 2.66 bits per heavy atom.